The first-order valence-corrected chi connectivity index (χ1v) is 7.66. The summed E-state index contributed by atoms with van der Waals surface area (Å²) in [6, 6.07) is 9.38. The second kappa shape index (κ2) is 7.14. The van der Waals surface area contributed by atoms with E-state index in [9.17, 15) is 0 Å². The number of aromatic amines is 1. The molecule has 0 amide bonds. The zero-order valence-electron chi connectivity index (χ0n) is 13.3. The topological polar surface area (TPSA) is 77.0 Å². The van der Waals surface area contributed by atoms with Gasteiger partial charge in [-0.3, -0.25) is 4.98 Å². The van der Waals surface area contributed by atoms with E-state index in [2.05, 4.69) is 20.6 Å². The second-order valence-electron chi connectivity index (χ2n) is 4.94. The molecular weight excluding hydrogens is 326 g/mol. The zero-order valence-corrected chi connectivity index (χ0v) is 14.1. The minimum absolute atomic E-state index is 0.476. The average molecular weight is 343 g/mol. The van der Waals surface area contributed by atoms with Gasteiger partial charge < -0.3 is 14.9 Å². The molecule has 0 bridgehead atoms. The summed E-state index contributed by atoms with van der Waals surface area (Å²) in [4.78, 5) is 4.02. The molecule has 2 N–H and O–H groups in total. The number of benzene rings is 1. The van der Waals surface area contributed by atoms with Crippen molar-refractivity contribution in [2.75, 3.05) is 19.6 Å². The van der Waals surface area contributed by atoms with Crippen molar-refractivity contribution in [2.45, 2.75) is 6.54 Å². The molecule has 24 heavy (non-hydrogen) atoms. The first-order valence-electron chi connectivity index (χ1n) is 7.25. The Bertz CT molecular complexity index is 876. The molecule has 3 aromatic rings. The molecule has 2 heterocycles. The molecule has 2 aromatic heterocycles. The summed E-state index contributed by atoms with van der Waals surface area (Å²) in [7, 11) is 3.27. The lowest BCUT2D eigenvalue weighted by molar-refractivity contribution is 0.399. The Kier molecular flexibility index (Phi) is 4.76. The van der Waals surface area contributed by atoms with Crippen LogP contribution < -0.4 is 14.9 Å². The van der Waals surface area contributed by atoms with Crippen LogP contribution in [0, 0.1) is 4.77 Å². The van der Waals surface area contributed by atoms with Gasteiger partial charge >= 0.3 is 0 Å². The molecule has 0 atom stereocenters. The fourth-order valence-corrected chi connectivity index (χ4v) is 2.52. The van der Waals surface area contributed by atoms with Gasteiger partial charge in [-0.25, -0.2) is 9.77 Å². The van der Waals surface area contributed by atoms with Crippen molar-refractivity contribution < 1.29 is 9.47 Å². The Hall–Kier alpha value is -2.87. The number of aromatic nitrogens is 4. The van der Waals surface area contributed by atoms with E-state index < -0.39 is 0 Å². The molecule has 0 aliphatic carbocycles. The monoisotopic (exact) mass is 343 g/mol. The third-order valence-corrected chi connectivity index (χ3v) is 3.80. The van der Waals surface area contributed by atoms with E-state index in [1.54, 1.807) is 31.3 Å². The number of nitrogens with one attached hydrogen (secondary N) is 2. The van der Waals surface area contributed by atoms with Gasteiger partial charge in [-0.05, 0) is 42.5 Å². The van der Waals surface area contributed by atoms with Gasteiger partial charge in [0.15, 0.2) is 5.82 Å². The summed E-state index contributed by atoms with van der Waals surface area (Å²) < 4.78 is 12.9. The summed E-state index contributed by atoms with van der Waals surface area (Å²) in [5.74, 6) is 2.21. The molecule has 0 saturated heterocycles. The molecule has 0 unspecified atom stereocenters. The highest BCUT2D eigenvalue weighted by molar-refractivity contribution is 7.71. The van der Waals surface area contributed by atoms with E-state index in [-0.39, 0.29) is 0 Å². The van der Waals surface area contributed by atoms with Crippen LogP contribution in [-0.2, 0) is 6.54 Å². The SMILES string of the molecule is COc1ccc(OC)c(CNn2c(-c3ccncc3)n[nH]c2=S)c1. The van der Waals surface area contributed by atoms with Gasteiger partial charge in [0.2, 0.25) is 4.77 Å². The lowest BCUT2D eigenvalue weighted by atomic mass is 10.2. The van der Waals surface area contributed by atoms with Crippen molar-refractivity contribution in [3.63, 3.8) is 0 Å². The number of pyridine rings is 1. The van der Waals surface area contributed by atoms with Crippen molar-refractivity contribution in [1.82, 2.24) is 19.9 Å². The number of H-pyrrole nitrogens is 1. The van der Waals surface area contributed by atoms with Gasteiger partial charge in [-0.1, -0.05) is 0 Å². The number of nitrogens with zero attached hydrogens (tertiary/aromatic N) is 3. The van der Waals surface area contributed by atoms with Crippen LogP contribution in [0.3, 0.4) is 0 Å². The molecule has 7 nitrogen and oxygen atoms in total. The first-order chi connectivity index (χ1) is 11.7. The van der Waals surface area contributed by atoms with E-state index in [4.69, 9.17) is 21.7 Å². The predicted octanol–water partition coefficient (Wildman–Crippen LogP) is 2.76. The third kappa shape index (κ3) is 3.23. The van der Waals surface area contributed by atoms with Crippen molar-refractivity contribution >= 4 is 12.2 Å². The maximum Gasteiger partial charge on any atom is 0.214 e. The molecule has 3 rings (SSSR count). The highest BCUT2D eigenvalue weighted by Crippen LogP contribution is 2.24. The lowest BCUT2D eigenvalue weighted by Gasteiger charge is -2.13. The average Bonchev–Trinajstić information content (AvgIpc) is 3.01. The quantitative estimate of drug-likeness (QED) is 0.670. The Morgan fingerprint density at radius 1 is 1.17 bits per heavy atom. The van der Waals surface area contributed by atoms with Crippen LogP contribution in [-0.4, -0.2) is 34.1 Å². The molecular formula is C16H17N5O2S. The highest BCUT2D eigenvalue weighted by Gasteiger charge is 2.10. The minimum atomic E-state index is 0.476. The highest BCUT2D eigenvalue weighted by atomic mass is 32.1. The Balaban J connectivity index is 1.88. The summed E-state index contributed by atoms with van der Waals surface area (Å²) in [5.41, 5.74) is 5.12. The van der Waals surface area contributed by atoms with Crippen molar-refractivity contribution in [3.05, 3.63) is 53.1 Å². The largest absolute Gasteiger partial charge is 0.497 e. The fraction of sp³-hybridized carbons (Fsp3) is 0.188. The molecule has 0 radical (unpaired) electrons. The van der Waals surface area contributed by atoms with Crippen molar-refractivity contribution in [2.24, 2.45) is 0 Å². The fourth-order valence-electron chi connectivity index (χ4n) is 2.32. The summed E-state index contributed by atoms with van der Waals surface area (Å²) >= 11 is 5.31. The zero-order chi connectivity index (χ0) is 16.9. The molecule has 0 aliphatic rings. The molecule has 0 aliphatic heterocycles. The van der Waals surface area contributed by atoms with Crippen molar-refractivity contribution in [3.8, 4) is 22.9 Å². The van der Waals surface area contributed by atoms with Gasteiger partial charge in [0.25, 0.3) is 0 Å². The standard InChI is InChI=1S/C16H17N5O2S/c1-22-13-3-4-14(23-2)12(9-13)10-18-21-15(19-20-16(21)24)11-5-7-17-8-6-11/h3-9,18H,10H2,1-2H3,(H,20,24). The number of rotatable bonds is 6. The smallest absolute Gasteiger partial charge is 0.214 e. The Morgan fingerprint density at radius 2 is 1.96 bits per heavy atom. The van der Waals surface area contributed by atoms with Crippen LogP contribution in [0.25, 0.3) is 11.4 Å². The van der Waals surface area contributed by atoms with Crippen LogP contribution in [0.15, 0.2) is 42.7 Å². The van der Waals surface area contributed by atoms with Crippen LogP contribution >= 0.6 is 12.2 Å². The summed E-state index contributed by atoms with van der Waals surface area (Å²) in [6.07, 6.45) is 3.42. The Morgan fingerprint density at radius 3 is 2.67 bits per heavy atom. The molecule has 1 aromatic carbocycles. The Labute approximate surface area is 144 Å². The summed E-state index contributed by atoms with van der Waals surface area (Å²) in [5, 5.41) is 7.07. The van der Waals surface area contributed by atoms with Gasteiger partial charge in [0, 0.05) is 23.5 Å². The van der Waals surface area contributed by atoms with E-state index in [1.165, 1.54) is 0 Å². The van der Waals surface area contributed by atoms with Gasteiger partial charge in [-0.2, -0.15) is 5.10 Å². The molecule has 0 fully saturated rings. The second-order valence-corrected chi connectivity index (χ2v) is 5.32. The van der Waals surface area contributed by atoms with Crippen molar-refractivity contribution in [1.29, 1.82) is 0 Å². The first kappa shape index (κ1) is 16.0. The molecule has 124 valence electrons. The number of hydrogen-bond acceptors (Lipinski definition) is 6. The summed E-state index contributed by atoms with van der Waals surface area (Å²) in [6.45, 7) is 0.492. The van der Waals surface area contributed by atoms with E-state index in [0.717, 1.165) is 22.6 Å². The van der Waals surface area contributed by atoms with Crippen LogP contribution in [0.2, 0.25) is 0 Å². The van der Waals surface area contributed by atoms with E-state index in [1.807, 2.05) is 30.3 Å². The van der Waals surface area contributed by atoms with Crippen LogP contribution in [0.1, 0.15) is 5.56 Å². The number of methoxy groups -OCH3 is 2. The minimum Gasteiger partial charge on any atom is -0.497 e. The number of hydrogen-bond donors (Lipinski definition) is 2. The predicted molar refractivity (Wildman–Crippen MR) is 93.3 cm³/mol. The van der Waals surface area contributed by atoms with Crippen LogP contribution in [0.5, 0.6) is 11.5 Å². The molecule has 0 saturated carbocycles. The maximum atomic E-state index is 5.40. The van der Waals surface area contributed by atoms with E-state index in [0.29, 0.717) is 17.1 Å². The lowest BCUT2D eigenvalue weighted by Crippen LogP contribution is -2.16. The van der Waals surface area contributed by atoms with Gasteiger partial charge in [-0.15, -0.1) is 0 Å². The maximum absolute atomic E-state index is 5.40. The van der Waals surface area contributed by atoms with Gasteiger partial charge in [0.05, 0.1) is 20.8 Å². The molecule has 8 heteroatoms. The van der Waals surface area contributed by atoms with E-state index >= 15 is 0 Å². The third-order valence-electron chi connectivity index (χ3n) is 3.53. The van der Waals surface area contributed by atoms with Crippen LogP contribution in [0.4, 0.5) is 0 Å². The molecule has 0 spiro atoms. The normalized spacial score (nSPS) is 10.4. The number of ether oxygens (including phenoxy) is 2. The van der Waals surface area contributed by atoms with Gasteiger partial charge in [0.1, 0.15) is 11.5 Å².